The van der Waals surface area contributed by atoms with Crippen LogP contribution in [0.4, 0.5) is 0 Å². The van der Waals surface area contributed by atoms with Crippen LogP contribution >= 0.6 is 12.6 Å². The van der Waals surface area contributed by atoms with Gasteiger partial charge in [0.05, 0.1) is 59.0 Å². The number of carbonyl (C=O) groups excluding carboxylic acids is 4. The van der Waals surface area contributed by atoms with E-state index in [4.69, 9.17) is 30.4 Å². The third-order valence-corrected chi connectivity index (χ3v) is 6.80. The number of aliphatic hydroxyl groups excluding tert-OH is 1. The second-order valence-corrected chi connectivity index (χ2v) is 11.6. The van der Waals surface area contributed by atoms with E-state index in [1.807, 2.05) is 13.8 Å². The largest absolute Gasteiger partial charge is 0.390 e. The first-order chi connectivity index (χ1) is 21.6. The van der Waals surface area contributed by atoms with E-state index in [2.05, 4.69) is 35.5 Å². The molecule has 4 atom stereocenters. The molecule has 0 aromatic rings. The predicted octanol–water partition coefficient (Wildman–Crippen LogP) is 0.0386. The standard InChI is InChI=1S/C30H59N5O9S/c1-4-5-6-7-8-23(33-26(37)10-12-41-13-14-42-15-16-43-17-18-44-19-20-45)29(39)34-24(9-11-31)30(40)35-27(28(32)38)25(36)21-22(2)3/h22-25,27,36,45H,4-21,31H2,1-3H3,(H2,32,38)(H,33,37)(H,34,39)(H,35,40)/t23-,24-,25+,27-/m0/s1. The summed E-state index contributed by atoms with van der Waals surface area (Å²) in [5.74, 6) is -1.78. The number of amides is 4. The maximum absolute atomic E-state index is 13.3. The van der Waals surface area contributed by atoms with E-state index in [9.17, 15) is 24.3 Å². The Bertz CT molecular complexity index is 810. The zero-order valence-electron chi connectivity index (χ0n) is 27.4. The van der Waals surface area contributed by atoms with Crippen molar-refractivity contribution in [2.45, 2.75) is 96.4 Å². The normalized spacial score (nSPS) is 14.0. The second-order valence-electron chi connectivity index (χ2n) is 11.1. The van der Waals surface area contributed by atoms with Gasteiger partial charge in [-0.1, -0.05) is 46.5 Å². The van der Waals surface area contributed by atoms with E-state index in [1.54, 1.807) is 0 Å². The van der Waals surface area contributed by atoms with E-state index in [-0.39, 0.29) is 44.2 Å². The van der Waals surface area contributed by atoms with E-state index in [1.165, 1.54) is 0 Å². The van der Waals surface area contributed by atoms with Crippen molar-refractivity contribution in [3.05, 3.63) is 0 Å². The highest BCUT2D eigenvalue weighted by molar-refractivity contribution is 7.80. The average Bonchev–Trinajstić information content (AvgIpc) is 2.98. The molecule has 4 amide bonds. The molecule has 0 aliphatic carbocycles. The molecule has 15 heteroatoms. The molecular formula is C30H59N5O9S. The van der Waals surface area contributed by atoms with Gasteiger partial charge in [-0.25, -0.2) is 0 Å². The zero-order valence-corrected chi connectivity index (χ0v) is 28.3. The smallest absolute Gasteiger partial charge is 0.243 e. The van der Waals surface area contributed by atoms with Crippen LogP contribution in [-0.2, 0) is 38.1 Å². The number of hydrogen-bond acceptors (Lipinski definition) is 11. The maximum Gasteiger partial charge on any atom is 0.243 e. The molecule has 0 bridgehead atoms. The lowest BCUT2D eigenvalue weighted by molar-refractivity contribution is -0.134. The molecule has 0 unspecified atom stereocenters. The lowest BCUT2D eigenvalue weighted by atomic mass is 9.99. The minimum absolute atomic E-state index is 0.0366. The van der Waals surface area contributed by atoms with Crippen LogP contribution < -0.4 is 27.4 Å². The molecule has 0 radical (unpaired) electrons. The molecule has 0 aliphatic rings. The van der Waals surface area contributed by atoms with Gasteiger partial charge in [-0.05, 0) is 31.7 Å². The first-order valence-electron chi connectivity index (χ1n) is 16.1. The predicted molar refractivity (Wildman–Crippen MR) is 175 cm³/mol. The molecule has 0 aromatic heterocycles. The summed E-state index contributed by atoms with van der Waals surface area (Å²) < 4.78 is 21.5. The Balaban J connectivity index is 4.85. The van der Waals surface area contributed by atoms with Gasteiger partial charge in [-0.3, -0.25) is 19.2 Å². The second kappa shape index (κ2) is 28.2. The number of nitrogens with one attached hydrogen (secondary N) is 3. The summed E-state index contributed by atoms with van der Waals surface area (Å²) in [5, 5.41) is 18.3. The summed E-state index contributed by atoms with van der Waals surface area (Å²) in [5.41, 5.74) is 11.1. The van der Waals surface area contributed by atoms with Crippen molar-refractivity contribution in [3.8, 4) is 0 Å². The van der Waals surface area contributed by atoms with Crippen LogP contribution in [0.2, 0.25) is 0 Å². The van der Waals surface area contributed by atoms with Gasteiger partial charge < -0.3 is 51.5 Å². The van der Waals surface area contributed by atoms with Gasteiger partial charge in [0.1, 0.15) is 18.1 Å². The Hall–Kier alpha value is -2.01. The number of aliphatic hydroxyl groups is 1. The molecular weight excluding hydrogens is 606 g/mol. The Morgan fingerprint density at radius 1 is 0.756 bits per heavy atom. The molecule has 264 valence electrons. The first-order valence-corrected chi connectivity index (χ1v) is 16.7. The highest BCUT2D eigenvalue weighted by atomic mass is 32.1. The molecule has 0 fully saturated rings. The van der Waals surface area contributed by atoms with Crippen molar-refractivity contribution in [1.29, 1.82) is 0 Å². The Kier molecular flexibility index (Phi) is 27.0. The molecule has 0 spiro atoms. The van der Waals surface area contributed by atoms with Gasteiger partial charge in [0, 0.05) is 12.2 Å². The zero-order chi connectivity index (χ0) is 33.9. The topological polar surface area (TPSA) is 214 Å². The summed E-state index contributed by atoms with van der Waals surface area (Å²) in [7, 11) is 0. The summed E-state index contributed by atoms with van der Waals surface area (Å²) in [6.07, 6.45) is 3.12. The lowest BCUT2D eigenvalue weighted by Crippen LogP contribution is -2.59. The summed E-state index contributed by atoms with van der Waals surface area (Å²) >= 11 is 4.06. The number of carbonyl (C=O) groups is 4. The Morgan fingerprint density at radius 3 is 1.80 bits per heavy atom. The quantitative estimate of drug-likeness (QED) is 0.0404. The maximum atomic E-state index is 13.3. The number of ether oxygens (including phenoxy) is 4. The molecule has 0 saturated heterocycles. The molecule has 8 N–H and O–H groups in total. The number of thiol groups is 1. The Morgan fingerprint density at radius 2 is 1.29 bits per heavy atom. The minimum Gasteiger partial charge on any atom is -0.390 e. The van der Waals surface area contributed by atoms with E-state index in [0.29, 0.717) is 64.8 Å². The van der Waals surface area contributed by atoms with Crippen LogP contribution in [-0.4, -0.2) is 118 Å². The van der Waals surface area contributed by atoms with Crippen LogP contribution in [0.5, 0.6) is 0 Å². The molecule has 0 rings (SSSR count). The number of primary amides is 1. The third-order valence-electron chi connectivity index (χ3n) is 6.61. The molecule has 0 aliphatic heterocycles. The van der Waals surface area contributed by atoms with E-state index in [0.717, 1.165) is 19.3 Å². The molecule has 14 nitrogen and oxygen atoms in total. The van der Waals surface area contributed by atoms with Crippen molar-refractivity contribution >= 4 is 36.3 Å². The van der Waals surface area contributed by atoms with Gasteiger partial charge in [0.25, 0.3) is 0 Å². The fraction of sp³-hybridized carbons (Fsp3) is 0.867. The van der Waals surface area contributed by atoms with E-state index >= 15 is 0 Å². The van der Waals surface area contributed by atoms with Crippen LogP contribution in [0.15, 0.2) is 0 Å². The molecule has 0 aromatic carbocycles. The molecule has 0 heterocycles. The van der Waals surface area contributed by atoms with Crippen LogP contribution in [0.3, 0.4) is 0 Å². The number of unbranched alkanes of at least 4 members (excludes halogenated alkanes) is 3. The Labute approximate surface area is 274 Å². The average molecular weight is 666 g/mol. The minimum atomic E-state index is -1.33. The number of hydrogen-bond donors (Lipinski definition) is 7. The van der Waals surface area contributed by atoms with Crippen LogP contribution in [0.25, 0.3) is 0 Å². The molecule has 0 saturated carbocycles. The monoisotopic (exact) mass is 665 g/mol. The summed E-state index contributed by atoms with van der Waals surface area (Å²) in [6.45, 7) is 9.09. The first kappa shape index (κ1) is 43.0. The van der Waals surface area contributed by atoms with Crippen LogP contribution in [0, 0.1) is 5.92 Å². The SMILES string of the molecule is CCCCCC[C@H](NC(=O)CCOCCOCCOCCOCCS)C(=O)N[C@@H](CCN)C(=O)N[C@H](C(N)=O)[C@H](O)CC(C)C. The van der Waals surface area contributed by atoms with Crippen molar-refractivity contribution in [2.24, 2.45) is 17.4 Å². The van der Waals surface area contributed by atoms with Crippen LogP contribution in [0.1, 0.15) is 72.1 Å². The fourth-order valence-electron chi connectivity index (χ4n) is 4.24. The highest BCUT2D eigenvalue weighted by Gasteiger charge is 2.32. The van der Waals surface area contributed by atoms with Gasteiger partial charge in [0.15, 0.2) is 0 Å². The summed E-state index contributed by atoms with van der Waals surface area (Å²) in [6, 6.07) is -3.30. The lowest BCUT2D eigenvalue weighted by Gasteiger charge is -2.27. The van der Waals surface area contributed by atoms with Crippen molar-refractivity contribution in [2.75, 3.05) is 65.2 Å². The third kappa shape index (κ3) is 23.0. The van der Waals surface area contributed by atoms with Crippen molar-refractivity contribution in [1.82, 2.24) is 16.0 Å². The molecule has 45 heavy (non-hydrogen) atoms. The van der Waals surface area contributed by atoms with Gasteiger partial charge >= 0.3 is 0 Å². The van der Waals surface area contributed by atoms with Crippen molar-refractivity contribution in [3.63, 3.8) is 0 Å². The van der Waals surface area contributed by atoms with Crippen molar-refractivity contribution < 1.29 is 43.2 Å². The van der Waals surface area contributed by atoms with Gasteiger partial charge in [-0.15, -0.1) is 0 Å². The number of nitrogens with two attached hydrogens (primary N) is 2. The highest BCUT2D eigenvalue weighted by Crippen LogP contribution is 2.10. The summed E-state index contributed by atoms with van der Waals surface area (Å²) in [4.78, 5) is 50.9. The fourth-order valence-corrected chi connectivity index (χ4v) is 4.37. The number of rotatable bonds is 30. The van der Waals surface area contributed by atoms with E-state index < -0.39 is 42.0 Å². The van der Waals surface area contributed by atoms with Gasteiger partial charge in [-0.2, -0.15) is 12.6 Å². The van der Waals surface area contributed by atoms with Gasteiger partial charge in [0.2, 0.25) is 23.6 Å².